The van der Waals surface area contributed by atoms with Crippen molar-refractivity contribution in [2.24, 2.45) is 7.05 Å². The molecule has 2 aromatic rings. The van der Waals surface area contributed by atoms with Crippen molar-refractivity contribution in [3.05, 3.63) is 47.5 Å². The predicted molar refractivity (Wildman–Crippen MR) is 72.8 cm³/mol. The Morgan fingerprint density at radius 2 is 2.25 bits per heavy atom. The van der Waals surface area contributed by atoms with Crippen molar-refractivity contribution in [3.63, 3.8) is 0 Å². The van der Waals surface area contributed by atoms with E-state index < -0.39 is 5.82 Å². The zero-order chi connectivity index (χ0) is 14.4. The maximum absolute atomic E-state index is 13.4. The lowest BCUT2D eigenvalue weighted by molar-refractivity contribution is 0.320. The molecule has 0 saturated heterocycles. The van der Waals surface area contributed by atoms with Crippen LogP contribution in [0.4, 0.5) is 4.39 Å². The maximum atomic E-state index is 13.4. The number of aliphatic hydroxyl groups is 1. The Balaban J connectivity index is 1.96. The van der Waals surface area contributed by atoms with Gasteiger partial charge < -0.3 is 9.84 Å². The average Bonchev–Trinajstić information content (AvgIpc) is 2.81. The fraction of sp³-hybridized carbons (Fsp3) is 0.267. The molecular formula is C15H15FN2O2. The average molecular weight is 274 g/mol. The minimum absolute atomic E-state index is 0.256. The fourth-order valence-corrected chi connectivity index (χ4v) is 1.75. The zero-order valence-electron chi connectivity index (χ0n) is 11.1. The standard InChI is InChI=1S/C15H15FN2O2/c1-18-11-13(10-17-18)4-6-20-15-8-12(3-2-5-19)7-14(16)9-15/h7-11,19H,4-6H2,1H3. The molecule has 1 N–H and O–H groups in total. The van der Waals surface area contributed by atoms with Crippen LogP contribution in [0.2, 0.25) is 0 Å². The van der Waals surface area contributed by atoms with Crippen LogP contribution < -0.4 is 4.74 Å². The molecule has 1 heterocycles. The van der Waals surface area contributed by atoms with Gasteiger partial charge in [-0.2, -0.15) is 5.10 Å². The van der Waals surface area contributed by atoms with Crippen LogP contribution in [0.5, 0.6) is 5.75 Å². The van der Waals surface area contributed by atoms with E-state index in [1.807, 2.05) is 13.2 Å². The van der Waals surface area contributed by atoms with Crippen molar-refractivity contribution in [1.29, 1.82) is 0 Å². The molecule has 5 heteroatoms. The highest BCUT2D eigenvalue weighted by Crippen LogP contribution is 2.16. The Hall–Kier alpha value is -2.32. The van der Waals surface area contributed by atoms with Gasteiger partial charge >= 0.3 is 0 Å². The summed E-state index contributed by atoms with van der Waals surface area (Å²) in [6.07, 6.45) is 4.38. The summed E-state index contributed by atoms with van der Waals surface area (Å²) in [5.41, 5.74) is 1.54. The van der Waals surface area contributed by atoms with E-state index in [9.17, 15) is 4.39 Å². The van der Waals surface area contributed by atoms with Crippen LogP contribution in [0.15, 0.2) is 30.6 Å². The highest BCUT2D eigenvalue weighted by molar-refractivity contribution is 5.40. The number of rotatable bonds is 4. The molecule has 4 nitrogen and oxygen atoms in total. The smallest absolute Gasteiger partial charge is 0.128 e. The molecule has 2 rings (SSSR count). The summed E-state index contributed by atoms with van der Waals surface area (Å²) in [5.74, 6) is 5.15. The molecule has 1 aromatic heterocycles. The Kier molecular flexibility index (Phi) is 4.75. The second-order valence-corrected chi connectivity index (χ2v) is 4.26. The third-order valence-corrected chi connectivity index (χ3v) is 2.60. The van der Waals surface area contributed by atoms with Gasteiger partial charge in [0, 0.05) is 31.3 Å². The summed E-state index contributed by atoms with van der Waals surface area (Å²) in [6.45, 7) is 0.176. The summed E-state index contributed by atoms with van der Waals surface area (Å²) in [6, 6.07) is 4.26. The van der Waals surface area contributed by atoms with Gasteiger partial charge in [-0.1, -0.05) is 11.8 Å². The second kappa shape index (κ2) is 6.73. The van der Waals surface area contributed by atoms with E-state index in [0.29, 0.717) is 24.3 Å². The number of halogens is 1. The molecule has 0 bridgehead atoms. The maximum Gasteiger partial charge on any atom is 0.128 e. The first kappa shape index (κ1) is 14.1. The summed E-state index contributed by atoms with van der Waals surface area (Å²) in [5, 5.41) is 12.7. The first-order valence-electron chi connectivity index (χ1n) is 6.18. The molecule has 1 aromatic carbocycles. The second-order valence-electron chi connectivity index (χ2n) is 4.26. The number of aryl methyl sites for hydroxylation is 1. The van der Waals surface area contributed by atoms with Crippen molar-refractivity contribution in [3.8, 4) is 17.6 Å². The minimum atomic E-state index is -0.411. The molecular weight excluding hydrogens is 259 g/mol. The Morgan fingerprint density at radius 1 is 1.40 bits per heavy atom. The lowest BCUT2D eigenvalue weighted by Gasteiger charge is -2.06. The van der Waals surface area contributed by atoms with E-state index in [1.54, 1.807) is 16.9 Å². The van der Waals surface area contributed by atoms with E-state index in [-0.39, 0.29) is 6.61 Å². The molecule has 0 aliphatic carbocycles. The number of hydrogen-bond donors (Lipinski definition) is 1. The van der Waals surface area contributed by atoms with Crippen molar-refractivity contribution in [1.82, 2.24) is 9.78 Å². The number of benzene rings is 1. The van der Waals surface area contributed by atoms with Gasteiger partial charge in [0.25, 0.3) is 0 Å². The van der Waals surface area contributed by atoms with Gasteiger partial charge in [-0.15, -0.1) is 0 Å². The van der Waals surface area contributed by atoms with Crippen molar-refractivity contribution in [2.75, 3.05) is 13.2 Å². The quantitative estimate of drug-likeness (QED) is 0.860. The molecule has 0 unspecified atom stereocenters. The first-order valence-corrected chi connectivity index (χ1v) is 6.18. The van der Waals surface area contributed by atoms with Crippen LogP contribution in [0.25, 0.3) is 0 Å². The molecule has 0 aliphatic heterocycles. The SMILES string of the molecule is Cn1cc(CCOc2cc(F)cc(C#CCO)c2)cn1. The molecule has 0 atom stereocenters. The van der Waals surface area contributed by atoms with Gasteiger partial charge in [-0.05, 0) is 17.7 Å². The summed E-state index contributed by atoms with van der Waals surface area (Å²) >= 11 is 0. The number of hydrogen-bond acceptors (Lipinski definition) is 3. The van der Waals surface area contributed by atoms with Gasteiger partial charge in [-0.25, -0.2) is 4.39 Å². The van der Waals surface area contributed by atoms with Gasteiger partial charge in [-0.3, -0.25) is 4.68 Å². The highest BCUT2D eigenvalue weighted by Gasteiger charge is 2.02. The third-order valence-electron chi connectivity index (χ3n) is 2.60. The van der Waals surface area contributed by atoms with E-state index in [4.69, 9.17) is 9.84 Å². The molecule has 0 amide bonds. The van der Waals surface area contributed by atoms with Crippen LogP contribution in [-0.2, 0) is 13.5 Å². The Labute approximate surface area is 116 Å². The lowest BCUT2D eigenvalue weighted by atomic mass is 10.2. The summed E-state index contributed by atoms with van der Waals surface area (Å²) in [4.78, 5) is 0. The van der Waals surface area contributed by atoms with Crippen molar-refractivity contribution in [2.45, 2.75) is 6.42 Å². The van der Waals surface area contributed by atoms with Crippen molar-refractivity contribution < 1.29 is 14.2 Å². The first-order chi connectivity index (χ1) is 9.67. The van der Waals surface area contributed by atoms with Gasteiger partial charge in [0.1, 0.15) is 18.2 Å². The van der Waals surface area contributed by atoms with Crippen LogP contribution in [0, 0.1) is 17.7 Å². The van der Waals surface area contributed by atoms with Crippen LogP contribution in [0.3, 0.4) is 0 Å². The van der Waals surface area contributed by atoms with E-state index >= 15 is 0 Å². The van der Waals surface area contributed by atoms with Gasteiger partial charge in [0.15, 0.2) is 0 Å². The number of aromatic nitrogens is 2. The van der Waals surface area contributed by atoms with Crippen molar-refractivity contribution >= 4 is 0 Å². The molecule has 0 radical (unpaired) electrons. The zero-order valence-corrected chi connectivity index (χ0v) is 11.1. The van der Waals surface area contributed by atoms with E-state index in [2.05, 4.69) is 16.9 Å². The van der Waals surface area contributed by atoms with Gasteiger partial charge in [0.05, 0.1) is 12.8 Å². The molecule has 0 aliphatic rings. The molecule has 0 fully saturated rings. The number of ether oxygens (including phenoxy) is 1. The number of aliphatic hydroxyl groups excluding tert-OH is 1. The predicted octanol–water partition coefficient (Wildman–Crippen LogP) is 1.52. The third kappa shape index (κ3) is 4.11. The lowest BCUT2D eigenvalue weighted by Crippen LogP contribution is -2.01. The summed E-state index contributed by atoms with van der Waals surface area (Å²) < 4.78 is 20.6. The Bertz CT molecular complexity index is 641. The Morgan fingerprint density at radius 3 is 2.95 bits per heavy atom. The summed E-state index contributed by atoms with van der Waals surface area (Å²) in [7, 11) is 1.85. The van der Waals surface area contributed by atoms with Gasteiger partial charge in [0.2, 0.25) is 0 Å². The van der Waals surface area contributed by atoms with Crippen LogP contribution >= 0.6 is 0 Å². The molecule has 20 heavy (non-hydrogen) atoms. The normalized spacial score (nSPS) is 9.95. The molecule has 0 saturated carbocycles. The molecule has 0 spiro atoms. The molecule has 104 valence electrons. The topological polar surface area (TPSA) is 47.3 Å². The van der Waals surface area contributed by atoms with E-state index in [1.165, 1.54) is 12.1 Å². The number of nitrogens with zero attached hydrogens (tertiary/aromatic N) is 2. The monoisotopic (exact) mass is 274 g/mol. The minimum Gasteiger partial charge on any atom is -0.493 e. The largest absolute Gasteiger partial charge is 0.493 e. The van der Waals surface area contributed by atoms with Crippen LogP contribution in [-0.4, -0.2) is 28.1 Å². The van der Waals surface area contributed by atoms with E-state index in [0.717, 1.165) is 5.56 Å². The van der Waals surface area contributed by atoms with Crippen LogP contribution in [0.1, 0.15) is 11.1 Å². The highest BCUT2D eigenvalue weighted by atomic mass is 19.1. The fourth-order valence-electron chi connectivity index (χ4n) is 1.75.